The van der Waals surface area contributed by atoms with E-state index in [1.54, 1.807) is 0 Å². The van der Waals surface area contributed by atoms with Crippen molar-refractivity contribution in [3.05, 3.63) is 0 Å². The van der Waals surface area contributed by atoms with Gasteiger partial charge in [-0.15, -0.1) is 0 Å². The predicted molar refractivity (Wildman–Crippen MR) is 21.4 cm³/mol. The van der Waals surface area contributed by atoms with Crippen molar-refractivity contribution in [2.75, 3.05) is 0 Å². The minimum atomic E-state index is -1.08. The second-order valence-electron chi connectivity index (χ2n) is 0.983. The van der Waals surface area contributed by atoms with Gasteiger partial charge in [0.2, 0.25) is 0 Å². The van der Waals surface area contributed by atoms with Gasteiger partial charge < -0.3 is 19.8 Å². The third-order valence-corrected chi connectivity index (χ3v) is 0. The number of carbonyl (C=O) groups is 2. The second-order valence-corrected chi connectivity index (χ2v) is 0.983. The van der Waals surface area contributed by atoms with Crippen LogP contribution in [-0.4, -0.2) is 11.9 Å². The van der Waals surface area contributed by atoms with Crippen LogP contribution in [0.4, 0.5) is 0 Å². The van der Waals surface area contributed by atoms with Gasteiger partial charge in [0, 0.05) is 61.3 Å². The van der Waals surface area contributed by atoms with Crippen molar-refractivity contribution in [2.45, 2.75) is 13.8 Å². The third kappa shape index (κ3) is 1320. The van der Waals surface area contributed by atoms with Crippen molar-refractivity contribution in [3.63, 3.8) is 0 Å². The zero-order valence-corrected chi connectivity index (χ0v) is 7.44. The van der Waals surface area contributed by atoms with Crippen molar-refractivity contribution in [3.8, 4) is 0 Å². The van der Waals surface area contributed by atoms with E-state index in [0.29, 0.717) is 0 Å². The van der Waals surface area contributed by atoms with Gasteiger partial charge in [0.15, 0.2) is 0 Å². The molecule has 0 saturated heterocycles. The summed E-state index contributed by atoms with van der Waals surface area (Å²) in [5.41, 5.74) is 0. The first-order valence-corrected chi connectivity index (χ1v) is 1.82. The molecule has 0 spiro atoms. The molecule has 4 nitrogen and oxygen atoms in total. The fourth-order valence-electron chi connectivity index (χ4n) is 0. The standard InChI is InChI=1S/2C2H4O2.Eu/c2*1-2(3)4;/h2*1H3,(H,3,4);/p-2. The van der Waals surface area contributed by atoms with Crippen molar-refractivity contribution < 1.29 is 69.2 Å². The molecule has 0 bridgehead atoms. The number of carbonyl (C=O) groups excluding carboxylic acids is 2. The van der Waals surface area contributed by atoms with Crippen LogP contribution in [0.1, 0.15) is 13.8 Å². The van der Waals surface area contributed by atoms with E-state index in [2.05, 4.69) is 0 Å². The van der Waals surface area contributed by atoms with Crippen LogP contribution in [0.25, 0.3) is 0 Å². The number of hydrogen-bond donors (Lipinski definition) is 0. The average Bonchev–Trinajstić information content (AvgIpc) is 1.25. The Balaban J connectivity index is -0.0000000720. The van der Waals surface area contributed by atoms with Crippen LogP contribution in [-0.2, 0) is 9.59 Å². The molecule has 5 heteroatoms. The van der Waals surface area contributed by atoms with Crippen molar-refractivity contribution in [1.82, 2.24) is 0 Å². The average molecular weight is 270 g/mol. The molecule has 0 heterocycles. The molecular formula is C4H6EuO4-2. The van der Waals surface area contributed by atoms with Crippen LogP contribution in [0.3, 0.4) is 0 Å². The second kappa shape index (κ2) is 11.3. The summed E-state index contributed by atoms with van der Waals surface area (Å²) in [6.45, 7) is 1.94. The Morgan fingerprint density at radius 3 is 1.00 bits per heavy atom. The van der Waals surface area contributed by atoms with Gasteiger partial charge in [0.25, 0.3) is 0 Å². The quantitative estimate of drug-likeness (QED) is 0.488. The molecule has 1 radical (unpaired) electrons. The van der Waals surface area contributed by atoms with Crippen molar-refractivity contribution in [1.29, 1.82) is 0 Å². The number of hydrogen-bond acceptors (Lipinski definition) is 4. The zero-order chi connectivity index (χ0) is 7.15. The summed E-state index contributed by atoms with van der Waals surface area (Å²) >= 11 is 0. The fourth-order valence-corrected chi connectivity index (χ4v) is 0. The zero-order valence-electron chi connectivity index (χ0n) is 5.01. The predicted octanol–water partition coefficient (Wildman–Crippen LogP) is -2.49. The van der Waals surface area contributed by atoms with Gasteiger partial charge >= 0.3 is 0 Å². The van der Waals surface area contributed by atoms with Gasteiger partial charge in [-0.3, -0.25) is 0 Å². The minimum Gasteiger partial charge on any atom is -0.550 e. The van der Waals surface area contributed by atoms with Crippen LogP contribution in [0.15, 0.2) is 0 Å². The SMILES string of the molecule is CC(=O)[O-].CC(=O)[O-].[Eu]. The summed E-state index contributed by atoms with van der Waals surface area (Å²) in [5, 5.41) is 17.8. The Bertz CT molecular complexity index is 70.6. The molecule has 0 aromatic rings. The van der Waals surface area contributed by atoms with E-state index in [0.717, 1.165) is 13.8 Å². The number of rotatable bonds is 0. The van der Waals surface area contributed by atoms with Gasteiger partial charge in [0.05, 0.1) is 0 Å². The van der Waals surface area contributed by atoms with E-state index in [1.807, 2.05) is 0 Å². The molecule has 0 fully saturated rings. The molecule has 55 valence electrons. The Kier molecular flexibility index (Phi) is 20.5. The number of aliphatic carboxylic acids is 2. The van der Waals surface area contributed by atoms with Crippen molar-refractivity contribution >= 4 is 11.9 Å². The van der Waals surface area contributed by atoms with Crippen LogP contribution in [0.2, 0.25) is 0 Å². The van der Waals surface area contributed by atoms with Gasteiger partial charge in [0.1, 0.15) is 0 Å². The molecular weight excluding hydrogens is 264 g/mol. The molecule has 0 aliphatic rings. The maximum atomic E-state index is 8.89. The monoisotopic (exact) mass is 271 g/mol. The molecule has 9 heavy (non-hydrogen) atoms. The van der Waals surface area contributed by atoms with E-state index < -0.39 is 11.9 Å². The van der Waals surface area contributed by atoms with E-state index in [-0.39, 0.29) is 49.4 Å². The first-order chi connectivity index (χ1) is 3.46. The van der Waals surface area contributed by atoms with Crippen molar-refractivity contribution in [2.24, 2.45) is 0 Å². The Morgan fingerprint density at radius 2 is 1.00 bits per heavy atom. The van der Waals surface area contributed by atoms with Crippen LogP contribution >= 0.6 is 0 Å². The largest absolute Gasteiger partial charge is 0.550 e. The van der Waals surface area contributed by atoms with Gasteiger partial charge in [-0.1, -0.05) is 0 Å². The molecule has 0 unspecified atom stereocenters. The maximum absolute atomic E-state index is 8.89. The van der Waals surface area contributed by atoms with Crippen LogP contribution in [0, 0.1) is 49.4 Å². The maximum Gasteiger partial charge on any atom is 0.0383 e. The van der Waals surface area contributed by atoms with E-state index in [1.165, 1.54) is 0 Å². The van der Waals surface area contributed by atoms with Gasteiger partial charge in [-0.05, 0) is 13.8 Å². The molecule has 0 atom stereocenters. The summed E-state index contributed by atoms with van der Waals surface area (Å²) in [7, 11) is 0. The Labute approximate surface area is 93.8 Å². The molecule has 0 N–H and O–H groups in total. The van der Waals surface area contributed by atoms with E-state index >= 15 is 0 Å². The molecule has 0 saturated carbocycles. The molecule has 0 aliphatic heterocycles. The molecule has 0 aromatic heterocycles. The van der Waals surface area contributed by atoms with Crippen LogP contribution < -0.4 is 10.2 Å². The normalized spacial score (nSPS) is 5.56. The number of carboxylic acids is 2. The Hall–Kier alpha value is 0.524. The number of carboxylic acid groups (broad SMARTS) is 2. The van der Waals surface area contributed by atoms with E-state index in [4.69, 9.17) is 19.8 Å². The van der Waals surface area contributed by atoms with Gasteiger partial charge in [-0.25, -0.2) is 0 Å². The Morgan fingerprint density at radius 1 is 1.00 bits per heavy atom. The van der Waals surface area contributed by atoms with E-state index in [9.17, 15) is 0 Å². The first kappa shape index (κ1) is 16.3. The minimum absolute atomic E-state index is 0. The topological polar surface area (TPSA) is 80.3 Å². The molecule has 0 amide bonds. The smallest absolute Gasteiger partial charge is 0.0383 e. The van der Waals surface area contributed by atoms with Crippen LogP contribution in [0.5, 0.6) is 0 Å². The summed E-state index contributed by atoms with van der Waals surface area (Å²) < 4.78 is 0. The molecule has 0 rings (SSSR count). The molecule has 0 aliphatic carbocycles. The molecule has 0 aromatic carbocycles. The summed E-state index contributed by atoms with van der Waals surface area (Å²) in [6, 6.07) is 0. The summed E-state index contributed by atoms with van der Waals surface area (Å²) in [6.07, 6.45) is 0. The first-order valence-electron chi connectivity index (χ1n) is 1.82. The summed E-state index contributed by atoms with van der Waals surface area (Å²) in [5.74, 6) is -2.17. The third-order valence-electron chi connectivity index (χ3n) is 0. The fraction of sp³-hybridized carbons (Fsp3) is 0.500. The van der Waals surface area contributed by atoms with Gasteiger partial charge in [-0.2, -0.15) is 0 Å². The summed E-state index contributed by atoms with van der Waals surface area (Å²) in [4.78, 5) is 17.8.